The fourth-order valence-corrected chi connectivity index (χ4v) is 2.47. The molecule has 0 saturated heterocycles. The summed E-state index contributed by atoms with van der Waals surface area (Å²) in [4.78, 5) is 0. The lowest BCUT2D eigenvalue weighted by molar-refractivity contribution is 0.300. The number of hydrogen-bond acceptors (Lipinski definition) is 0. The summed E-state index contributed by atoms with van der Waals surface area (Å²) in [6.45, 7) is 16.2. The monoisotopic (exact) mass is 250 g/mol. The van der Waals surface area contributed by atoms with Crippen LogP contribution in [-0.2, 0) is 0 Å². The molecular weight excluding hydrogens is 216 g/mol. The van der Waals surface area contributed by atoms with Crippen LogP contribution in [0.5, 0.6) is 0 Å². The molecule has 0 radical (unpaired) electrons. The zero-order valence-corrected chi connectivity index (χ0v) is 13.7. The summed E-state index contributed by atoms with van der Waals surface area (Å²) >= 11 is 0. The second-order valence-electron chi connectivity index (χ2n) is 5.92. The van der Waals surface area contributed by atoms with E-state index in [0.29, 0.717) is 11.8 Å². The molecule has 0 heteroatoms. The average Bonchev–Trinajstić information content (AvgIpc) is 2.40. The average molecular weight is 250 g/mol. The molecule has 0 aliphatic carbocycles. The van der Waals surface area contributed by atoms with Crippen molar-refractivity contribution in [2.24, 2.45) is 23.7 Å². The third kappa shape index (κ3) is 5.89. The first kappa shape index (κ1) is 17.5. The van der Waals surface area contributed by atoms with Crippen molar-refractivity contribution in [2.75, 3.05) is 0 Å². The van der Waals surface area contributed by atoms with Crippen LogP contribution in [0.25, 0.3) is 0 Å². The first-order valence-electron chi connectivity index (χ1n) is 7.77. The van der Waals surface area contributed by atoms with Gasteiger partial charge in [0.15, 0.2) is 0 Å². The van der Waals surface area contributed by atoms with Gasteiger partial charge in [-0.05, 0) is 50.4 Å². The van der Waals surface area contributed by atoms with Gasteiger partial charge in [-0.25, -0.2) is 0 Å². The van der Waals surface area contributed by atoms with Crippen molar-refractivity contribution in [1.29, 1.82) is 0 Å². The molecule has 0 aliphatic heterocycles. The van der Waals surface area contributed by atoms with E-state index in [1.54, 1.807) is 5.57 Å². The summed E-state index contributed by atoms with van der Waals surface area (Å²) in [6, 6.07) is 0. The van der Waals surface area contributed by atoms with Crippen molar-refractivity contribution in [2.45, 2.75) is 67.7 Å². The second kappa shape index (κ2) is 9.42. The van der Waals surface area contributed by atoms with Crippen LogP contribution in [0.4, 0.5) is 0 Å². The Labute approximate surface area is 116 Å². The van der Waals surface area contributed by atoms with Crippen molar-refractivity contribution < 1.29 is 0 Å². The van der Waals surface area contributed by atoms with Gasteiger partial charge in [0.2, 0.25) is 0 Å². The van der Waals surface area contributed by atoms with Gasteiger partial charge in [0, 0.05) is 0 Å². The molecule has 0 bridgehead atoms. The van der Waals surface area contributed by atoms with Crippen molar-refractivity contribution in [3.05, 3.63) is 23.8 Å². The van der Waals surface area contributed by atoms with Crippen LogP contribution in [0.2, 0.25) is 0 Å². The lowest BCUT2D eigenvalue weighted by Crippen LogP contribution is -2.17. The van der Waals surface area contributed by atoms with E-state index in [-0.39, 0.29) is 0 Å². The van der Waals surface area contributed by atoms with Gasteiger partial charge in [0.25, 0.3) is 0 Å². The number of rotatable bonds is 8. The second-order valence-corrected chi connectivity index (χ2v) is 5.92. The Morgan fingerprint density at radius 1 is 1.06 bits per heavy atom. The maximum absolute atomic E-state index is 2.52. The molecule has 0 aromatic heterocycles. The van der Waals surface area contributed by atoms with Crippen molar-refractivity contribution in [3.8, 4) is 0 Å². The van der Waals surface area contributed by atoms with Gasteiger partial charge in [0.05, 0.1) is 0 Å². The van der Waals surface area contributed by atoms with Crippen LogP contribution in [-0.4, -0.2) is 0 Å². The van der Waals surface area contributed by atoms with Crippen molar-refractivity contribution >= 4 is 0 Å². The first-order valence-corrected chi connectivity index (χ1v) is 7.77. The molecule has 0 amide bonds. The van der Waals surface area contributed by atoms with E-state index < -0.39 is 0 Å². The molecule has 18 heavy (non-hydrogen) atoms. The van der Waals surface area contributed by atoms with Crippen LogP contribution in [0.1, 0.15) is 67.7 Å². The highest BCUT2D eigenvalue weighted by Gasteiger charge is 2.19. The predicted molar refractivity (Wildman–Crippen MR) is 84.8 cm³/mol. The molecule has 4 atom stereocenters. The quantitative estimate of drug-likeness (QED) is 0.447. The van der Waals surface area contributed by atoms with Crippen LogP contribution in [0.3, 0.4) is 0 Å². The van der Waals surface area contributed by atoms with Crippen LogP contribution < -0.4 is 0 Å². The standard InChI is InChI=1S/C18H34/c1-8-11-12-18(10-3)13-15(5)17(7)16(6)14(4)9-2/h8,11,13-14,16-18H,9-10,12H2,1-7H3. The van der Waals surface area contributed by atoms with E-state index >= 15 is 0 Å². The summed E-state index contributed by atoms with van der Waals surface area (Å²) in [5.74, 6) is 3.02. The Bertz CT molecular complexity index is 259. The van der Waals surface area contributed by atoms with E-state index in [0.717, 1.165) is 11.8 Å². The van der Waals surface area contributed by atoms with Gasteiger partial charge < -0.3 is 0 Å². The largest absolute Gasteiger partial charge is 0.0916 e. The molecule has 0 aromatic carbocycles. The van der Waals surface area contributed by atoms with Gasteiger partial charge in [0.1, 0.15) is 0 Å². The Balaban J connectivity index is 4.62. The van der Waals surface area contributed by atoms with Gasteiger partial charge in [-0.1, -0.05) is 64.8 Å². The van der Waals surface area contributed by atoms with Gasteiger partial charge in [-0.2, -0.15) is 0 Å². The highest BCUT2D eigenvalue weighted by Crippen LogP contribution is 2.29. The predicted octanol–water partition coefficient (Wildman–Crippen LogP) is 6.24. The maximum Gasteiger partial charge on any atom is -0.0199 e. The number of allylic oxidation sites excluding steroid dienone is 4. The Hall–Kier alpha value is -0.520. The summed E-state index contributed by atoms with van der Waals surface area (Å²) in [7, 11) is 0. The van der Waals surface area contributed by atoms with Crippen LogP contribution in [0, 0.1) is 23.7 Å². The summed E-state index contributed by atoms with van der Waals surface area (Å²) in [5, 5.41) is 0. The number of hydrogen-bond donors (Lipinski definition) is 0. The van der Waals surface area contributed by atoms with Gasteiger partial charge >= 0.3 is 0 Å². The lowest BCUT2D eigenvalue weighted by atomic mass is 9.79. The van der Waals surface area contributed by atoms with Gasteiger partial charge in [-0.3, -0.25) is 0 Å². The highest BCUT2D eigenvalue weighted by molar-refractivity contribution is 5.07. The Morgan fingerprint density at radius 2 is 1.67 bits per heavy atom. The molecule has 0 rings (SSSR count). The first-order chi connectivity index (χ1) is 8.47. The summed E-state index contributed by atoms with van der Waals surface area (Å²) in [6.07, 6.45) is 10.7. The summed E-state index contributed by atoms with van der Waals surface area (Å²) < 4.78 is 0. The van der Waals surface area contributed by atoms with E-state index in [1.807, 2.05) is 0 Å². The topological polar surface area (TPSA) is 0 Å². The van der Waals surface area contributed by atoms with E-state index in [9.17, 15) is 0 Å². The molecule has 0 N–H and O–H groups in total. The van der Waals surface area contributed by atoms with E-state index in [1.165, 1.54) is 19.3 Å². The summed E-state index contributed by atoms with van der Waals surface area (Å²) in [5.41, 5.74) is 1.58. The normalized spacial score (nSPS) is 19.8. The lowest BCUT2D eigenvalue weighted by Gasteiger charge is -2.27. The molecule has 0 aliphatic rings. The molecule has 0 spiro atoms. The van der Waals surface area contributed by atoms with Crippen LogP contribution in [0.15, 0.2) is 23.8 Å². The third-order valence-corrected chi connectivity index (χ3v) is 4.75. The molecule has 0 heterocycles. The molecule has 4 unspecified atom stereocenters. The molecule has 106 valence electrons. The maximum atomic E-state index is 2.52. The molecule has 0 fully saturated rings. The van der Waals surface area contributed by atoms with Crippen molar-refractivity contribution in [3.63, 3.8) is 0 Å². The fourth-order valence-electron chi connectivity index (χ4n) is 2.47. The van der Waals surface area contributed by atoms with E-state index in [4.69, 9.17) is 0 Å². The van der Waals surface area contributed by atoms with Gasteiger partial charge in [-0.15, -0.1) is 0 Å². The van der Waals surface area contributed by atoms with E-state index in [2.05, 4.69) is 66.7 Å². The zero-order chi connectivity index (χ0) is 14.1. The van der Waals surface area contributed by atoms with Crippen molar-refractivity contribution in [1.82, 2.24) is 0 Å². The SMILES string of the molecule is CC=CCC(C=C(C)C(C)C(C)C(C)CC)CC. The Kier molecular flexibility index (Phi) is 9.14. The smallest absolute Gasteiger partial charge is 0.0199 e. The minimum atomic E-state index is 0.708. The molecular formula is C18H34. The minimum Gasteiger partial charge on any atom is -0.0916 e. The molecule has 0 aromatic rings. The fraction of sp³-hybridized carbons (Fsp3) is 0.778. The molecule has 0 saturated carbocycles. The highest BCUT2D eigenvalue weighted by atomic mass is 14.2. The third-order valence-electron chi connectivity index (χ3n) is 4.75. The Morgan fingerprint density at radius 3 is 2.11 bits per heavy atom. The molecule has 0 nitrogen and oxygen atoms in total. The minimum absolute atomic E-state index is 0.708. The van der Waals surface area contributed by atoms with Crippen LogP contribution >= 0.6 is 0 Å². The zero-order valence-electron chi connectivity index (χ0n) is 13.7.